The van der Waals surface area contributed by atoms with Crippen molar-refractivity contribution in [2.75, 3.05) is 0 Å². The molecule has 0 fully saturated rings. The van der Waals surface area contributed by atoms with Gasteiger partial charge in [0.15, 0.2) is 11.4 Å². The Bertz CT molecular complexity index is 1040. The van der Waals surface area contributed by atoms with Crippen LogP contribution in [0.5, 0.6) is 0 Å². The second-order valence-corrected chi connectivity index (χ2v) is 6.64. The van der Waals surface area contributed by atoms with E-state index in [9.17, 15) is 9.59 Å². The summed E-state index contributed by atoms with van der Waals surface area (Å²) in [4.78, 5) is 45.0. The normalized spacial score (nSPS) is 14.7. The third-order valence-electron chi connectivity index (χ3n) is 4.14. The van der Waals surface area contributed by atoms with Crippen LogP contribution in [0.2, 0.25) is 0 Å². The van der Waals surface area contributed by atoms with E-state index in [1.807, 2.05) is 13.8 Å². The SMILES string of the molecule is CC1=CN=C(c2cc(C(=O)O)ncn2)C1.CC1=CN=C(c2cc(C(=O)O)ncn2)C1. The Kier molecular flexibility index (Phi) is 6.16. The van der Waals surface area contributed by atoms with Crippen molar-refractivity contribution in [3.8, 4) is 0 Å². The van der Waals surface area contributed by atoms with Crippen LogP contribution in [0.15, 0.2) is 58.3 Å². The van der Waals surface area contributed by atoms with Gasteiger partial charge in [0.25, 0.3) is 0 Å². The molecule has 2 aromatic heterocycles. The van der Waals surface area contributed by atoms with Crippen molar-refractivity contribution in [2.24, 2.45) is 9.98 Å². The van der Waals surface area contributed by atoms with Gasteiger partial charge in [-0.2, -0.15) is 0 Å². The Morgan fingerprint density at radius 3 is 1.43 bits per heavy atom. The maximum absolute atomic E-state index is 10.7. The van der Waals surface area contributed by atoms with Gasteiger partial charge in [-0.05, 0) is 37.1 Å². The Hall–Kier alpha value is -4.08. The molecule has 0 saturated heterocycles. The molecule has 0 spiro atoms. The highest BCUT2D eigenvalue weighted by molar-refractivity contribution is 6.03. The van der Waals surface area contributed by atoms with E-state index in [1.165, 1.54) is 24.8 Å². The number of aromatic nitrogens is 4. The Morgan fingerprint density at radius 1 is 0.733 bits per heavy atom. The molecule has 0 unspecified atom stereocenters. The van der Waals surface area contributed by atoms with Crippen LogP contribution in [0, 0.1) is 0 Å². The van der Waals surface area contributed by atoms with Crippen molar-refractivity contribution in [1.82, 2.24) is 19.9 Å². The topological polar surface area (TPSA) is 151 Å². The largest absolute Gasteiger partial charge is 0.477 e. The lowest BCUT2D eigenvalue weighted by atomic mass is 10.1. The van der Waals surface area contributed by atoms with E-state index in [0.29, 0.717) is 11.4 Å². The average molecular weight is 406 g/mol. The molecular weight excluding hydrogens is 388 g/mol. The number of aromatic carboxylic acids is 2. The number of hydrogen-bond acceptors (Lipinski definition) is 8. The van der Waals surface area contributed by atoms with Gasteiger partial charge in [-0.1, -0.05) is 0 Å². The molecule has 2 aliphatic rings. The van der Waals surface area contributed by atoms with Gasteiger partial charge in [0, 0.05) is 25.2 Å². The van der Waals surface area contributed by atoms with Gasteiger partial charge >= 0.3 is 11.9 Å². The summed E-state index contributed by atoms with van der Waals surface area (Å²) in [5.41, 5.74) is 5.00. The Balaban J connectivity index is 0.000000171. The molecule has 152 valence electrons. The first-order chi connectivity index (χ1) is 14.3. The molecule has 2 aliphatic heterocycles. The molecule has 0 atom stereocenters. The summed E-state index contributed by atoms with van der Waals surface area (Å²) in [6.45, 7) is 3.94. The third kappa shape index (κ3) is 5.04. The van der Waals surface area contributed by atoms with Crippen molar-refractivity contribution < 1.29 is 19.8 Å². The minimum atomic E-state index is -1.05. The number of rotatable bonds is 4. The van der Waals surface area contributed by atoms with E-state index in [2.05, 4.69) is 29.9 Å². The van der Waals surface area contributed by atoms with Crippen molar-refractivity contribution >= 4 is 23.4 Å². The average Bonchev–Trinajstić information content (AvgIpc) is 3.37. The molecule has 0 amide bonds. The summed E-state index contributed by atoms with van der Waals surface area (Å²) < 4.78 is 0. The van der Waals surface area contributed by atoms with Gasteiger partial charge < -0.3 is 10.2 Å². The maximum Gasteiger partial charge on any atom is 0.354 e. The van der Waals surface area contributed by atoms with Gasteiger partial charge in [0.05, 0.1) is 22.8 Å². The molecule has 30 heavy (non-hydrogen) atoms. The zero-order chi connectivity index (χ0) is 21.7. The van der Waals surface area contributed by atoms with Crippen molar-refractivity contribution in [2.45, 2.75) is 26.7 Å². The molecule has 4 rings (SSSR count). The molecule has 4 heterocycles. The van der Waals surface area contributed by atoms with Gasteiger partial charge in [-0.25, -0.2) is 29.5 Å². The zero-order valence-electron chi connectivity index (χ0n) is 16.3. The summed E-state index contributed by atoms with van der Waals surface area (Å²) in [7, 11) is 0. The maximum atomic E-state index is 10.7. The number of hydrogen-bond donors (Lipinski definition) is 2. The molecule has 0 aromatic carbocycles. The summed E-state index contributed by atoms with van der Waals surface area (Å²) in [5, 5.41) is 17.5. The van der Waals surface area contributed by atoms with Crippen LogP contribution in [-0.4, -0.2) is 53.5 Å². The van der Waals surface area contributed by atoms with Crippen molar-refractivity contribution in [3.05, 3.63) is 71.1 Å². The van der Waals surface area contributed by atoms with Crippen LogP contribution in [-0.2, 0) is 0 Å². The lowest BCUT2D eigenvalue weighted by Crippen LogP contribution is -2.07. The number of allylic oxidation sites excluding steroid dienone is 2. The van der Waals surface area contributed by atoms with E-state index < -0.39 is 11.9 Å². The van der Waals surface area contributed by atoms with Gasteiger partial charge in [0.1, 0.15) is 12.7 Å². The van der Waals surface area contributed by atoms with E-state index in [0.717, 1.165) is 35.4 Å². The third-order valence-corrected chi connectivity index (χ3v) is 4.14. The highest BCUT2D eigenvalue weighted by atomic mass is 16.4. The first-order valence-electron chi connectivity index (χ1n) is 8.89. The highest BCUT2D eigenvalue weighted by Gasteiger charge is 2.14. The number of nitrogens with zero attached hydrogens (tertiary/aromatic N) is 6. The van der Waals surface area contributed by atoms with Crippen LogP contribution < -0.4 is 0 Å². The molecule has 2 aromatic rings. The highest BCUT2D eigenvalue weighted by Crippen LogP contribution is 2.16. The molecular formula is C20H18N6O4. The second-order valence-electron chi connectivity index (χ2n) is 6.64. The standard InChI is InChI=1S/2C10H9N3O2/c2*1-6-2-7(11-4-6)8-3-9(10(14)15)13-5-12-8/h2*3-5H,2H2,1H3,(H,14,15). The molecule has 2 N–H and O–H groups in total. The first kappa shape index (κ1) is 20.6. The van der Waals surface area contributed by atoms with Crippen LogP contribution in [0.25, 0.3) is 0 Å². The van der Waals surface area contributed by atoms with E-state index in [1.54, 1.807) is 12.4 Å². The van der Waals surface area contributed by atoms with Crippen LogP contribution in [0.4, 0.5) is 0 Å². The zero-order valence-corrected chi connectivity index (χ0v) is 16.3. The minimum absolute atomic E-state index is 0.00717. The van der Waals surface area contributed by atoms with Crippen molar-refractivity contribution in [3.63, 3.8) is 0 Å². The number of carboxylic acid groups (broad SMARTS) is 2. The Morgan fingerprint density at radius 2 is 1.13 bits per heavy atom. The fourth-order valence-electron chi connectivity index (χ4n) is 2.66. The lowest BCUT2D eigenvalue weighted by Gasteiger charge is -2.00. The van der Waals surface area contributed by atoms with Crippen LogP contribution >= 0.6 is 0 Å². The molecule has 10 heteroatoms. The summed E-state index contributed by atoms with van der Waals surface area (Å²) in [6.07, 6.45) is 7.45. The van der Waals surface area contributed by atoms with Gasteiger partial charge in [-0.15, -0.1) is 0 Å². The fourth-order valence-corrected chi connectivity index (χ4v) is 2.66. The quantitative estimate of drug-likeness (QED) is 0.786. The predicted molar refractivity (Wildman–Crippen MR) is 108 cm³/mol. The van der Waals surface area contributed by atoms with Gasteiger partial charge in [0.2, 0.25) is 0 Å². The molecule has 0 radical (unpaired) electrons. The number of carboxylic acids is 2. The molecule has 0 bridgehead atoms. The first-order valence-corrected chi connectivity index (χ1v) is 8.89. The van der Waals surface area contributed by atoms with Gasteiger partial charge in [-0.3, -0.25) is 9.98 Å². The predicted octanol–water partition coefficient (Wildman–Crippen LogP) is 2.54. The number of carbonyl (C=O) groups is 2. The summed E-state index contributed by atoms with van der Waals surface area (Å²) in [5.74, 6) is -2.11. The van der Waals surface area contributed by atoms with Crippen LogP contribution in [0.3, 0.4) is 0 Å². The second kappa shape index (κ2) is 8.95. The monoisotopic (exact) mass is 406 g/mol. The Labute approximate surface area is 171 Å². The van der Waals surface area contributed by atoms with Crippen LogP contribution in [0.1, 0.15) is 59.1 Å². The number of aliphatic imine (C=N–C) groups is 2. The smallest absolute Gasteiger partial charge is 0.354 e. The van der Waals surface area contributed by atoms with E-state index >= 15 is 0 Å². The molecule has 10 nitrogen and oxygen atoms in total. The molecule has 0 aliphatic carbocycles. The summed E-state index contributed by atoms with van der Waals surface area (Å²) >= 11 is 0. The lowest BCUT2D eigenvalue weighted by molar-refractivity contribution is 0.0679. The van der Waals surface area contributed by atoms with E-state index in [4.69, 9.17) is 10.2 Å². The summed E-state index contributed by atoms with van der Waals surface area (Å²) in [6, 6.07) is 2.88. The van der Waals surface area contributed by atoms with E-state index in [-0.39, 0.29) is 11.4 Å². The van der Waals surface area contributed by atoms with Crippen molar-refractivity contribution in [1.29, 1.82) is 0 Å². The minimum Gasteiger partial charge on any atom is -0.477 e. The molecule has 0 saturated carbocycles. The fraction of sp³-hybridized carbons (Fsp3) is 0.200.